The van der Waals surface area contributed by atoms with E-state index in [1.54, 1.807) is 17.8 Å². The van der Waals surface area contributed by atoms with Gasteiger partial charge in [0.25, 0.3) is 0 Å². The summed E-state index contributed by atoms with van der Waals surface area (Å²) in [6, 6.07) is 16.2. The molecule has 3 rings (SSSR count). The number of thiazole rings is 1. The predicted molar refractivity (Wildman–Crippen MR) is 96.4 cm³/mol. The standard InChI is InChI=1S/C19H16N2OS/c1-14-11-16(7-9-18(14)15-5-3-2-4-6-15)21-19(22)10-8-17-12-20-13-23-17/h2-13H,1H3,(H,21,22)/b10-8+. The smallest absolute Gasteiger partial charge is 0.248 e. The van der Waals surface area contributed by atoms with Crippen molar-refractivity contribution >= 4 is 29.0 Å². The Labute approximate surface area is 139 Å². The first-order valence-electron chi connectivity index (χ1n) is 7.26. The second-order valence-corrected chi connectivity index (χ2v) is 6.04. The van der Waals surface area contributed by atoms with E-state index in [1.165, 1.54) is 28.5 Å². The van der Waals surface area contributed by atoms with Gasteiger partial charge in [0.05, 0.1) is 5.51 Å². The first kappa shape index (κ1) is 15.2. The Bertz CT molecular complexity index is 824. The van der Waals surface area contributed by atoms with Crippen molar-refractivity contribution in [2.45, 2.75) is 6.92 Å². The normalized spacial score (nSPS) is 10.8. The van der Waals surface area contributed by atoms with E-state index in [4.69, 9.17) is 0 Å². The summed E-state index contributed by atoms with van der Waals surface area (Å²) in [5.74, 6) is -0.148. The molecule has 1 amide bonds. The zero-order valence-corrected chi connectivity index (χ0v) is 13.5. The summed E-state index contributed by atoms with van der Waals surface area (Å²) in [6.07, 6.45) is 5.01. The zero-order chi connectivity index (χ0) is 16.1. The molecule has 1 N–H and O–H groups in total. The van der Waals surface area contributed by atoms with Crippen molar-refractivity contribution in [1.82, 2.24) is 4.98 Å². The number of anilines is 1. The molecule has 0 radical (unpaired) electrons. The number of aromatic nitrogens is 1. The third-order valence-electron chi connectivity index (χ3n) is 3.43. The van der Waals surface area contributed by atoms with Crippen LogP contribution < -0.4 is 5.32 Å². The van der Waals surface area contributed by atoms with E-state index in [2.05, 4.69) is 22.4 Å². The Morgan fingerprint density at radius 1 is 1.17 bits per heavy atom. The molecule has 3 nitrogen and oxygen atoms in total. The molecule has 23 heavy (non-hydrogen) atoms. The molecule has 0 aliphatic rings. The number of nitrogens with zero attached hydrogens (tertiary/aromatic N) is 1. The van der Waals surface area contributed by atoms with Crippen molar-refractivity contribution < 1.29 is 4.79 Å². The summed E-state index contributed by atoms with van der Waals surface area (Å²) in [7, 11) is 0. The number of nitrogens with one attached hydrogen (secondary N) is 1. The molecule has 0 atom stereocenters. The highest BCUT2D eigenvalue weighted by molar-refractivity contribution is 7.10. The van der Waals surface area contributed by atoms with E-state index in [0.29, 0.717) is 0 Å². The fourth-order valence-electron chi connectivity index (χ4n) is 2.33. The molecule has 0 spiro atoms. The molecule has 3 aromatic rings. The highest BCUT2D eigenvalue weighted by Gasteiger charge is 2.04. The molecule has 0 saturated carbocycles. The Morgan fingerprint density at radius 2 is 2.00 bits per heavy atom. The van der Waals surface area contributed by atoms with Crippen LogP contribution in [-0.2, 0) is 4.79 Å². The fraction of sp³-hybridized carbons (Fsp3) is 0.0526. The molecule has 0 unspecified atom stereocenters. The van der Waals surface area contributed by atoms with Gasteiger partial charge in [0.15, 0.2) is 0 Å². The van der Waals surface area contributed by atoms with Gasteiger partial charge in [0, 0.05) is 22.8 Å². The van der Waals surface area contributed by atoms with Crippen molar-refractivity contribution in [3.63, 3.8) is 0 Å². The summed E-state index contributed by atoms with van der Waals surface area (Å²) in [6.45, 7) is 2.05. The van der Waals surface area contributed by atoms with Crippen LogP contribution in [0.15, 0.2) is 66.3 Å². The molecule has 0 bridgehead atoms. The van der Waals surface area contributed by atoms with E-state index in [1.807, 2.05) is 43.3 Å². The molecule has 0 saturated heterocycles. The monoisotopic (exact) mass is 320 g/mol. The molecule has 4 heteroatoms. The maximum Gasteiger partial charge on any atom is 0.248 e. The molecule has 0 aliphatic heterocycles. The van der Waals surface area contributed by atoms with Gasteiger partial charge < -0.3 is 5.32 Å². The van der Waals surface area contributed by atoms with Crippen LogP contribution >= 0.6 is 11.3 Å². The van der Waals surface area contributed by atoms with Crippen molar-refractivity contribution in [3.05, 3.63) is 76.8 Å². The Balaban J connectivity index is 1.72. The van der Waals surface area contributed by atoms with Gasteiger partial charge in [0.2, 0.25) is 5.91 Å². The van der Waals surface area contributed by atoms with E-state index in [0.717, 1.165) is 16.1 Å². The number of carbonyl (C=O) groups excluding carboxylic acids is 1. The number of benzene rings is 2. The number of amides is 1. The van der Waals surface area contributed by atoms with Crippen LogP contribution in [0, 0.1) is 6.92 Å². The van der Waals surface area contributed by atoms with Crippen molar-refractivity contribution in [2.24, 2.45) is 0 Å². The van der Waals surface area contributed by atoms with Gasteiger partial charge in [-0.1, -0.05) is 36.4 Å². The van der Waals surface area contributed by atoms with Crippen LogP contribution in [0.2, 0.25) is 0 Å². The number of aryl methyl sites for hydroxylation is 1. The first-order chi connectivity index (χ1) is 11.2. The third kappa shape index (κ3) is 3.93. The van der Waals surface area contributed by atoms with E-state index >= 15 is 0 Å². The van der Waals surface area contributed by atoms with Crippen LogP contribution in [-0.4, -0.2) is 10.9 Å². The molecule has 0 fully saturated rings. The number of rotatable bonds is 4. The van der Waals surface area contributed by atoms with Gasteiger partial charge in [-0.05, 0) is 41.8 Å². The lowest BCUT2D eigenvalue weighted by molar-refractivity contribution is -0.111. The Hall–Kier alpha value is -2.72. The molecule has 2 aromatic carbocycles. The van der Waals surface area contributed by atoms with Crippen molar-refractivity contribution in [3.8, 4) is 11.1 Å². The van der Waals surface area contributed by atoms with Gasteiger partial charge in [-0.3, -0.25) is 9.78 Å². The SMILES string of the molecule is Cc1cc(NC(=O)/C=C/c2cncs2)ccc1-c1ccccc1. The Morgan fingerprint density at radius 3 is 2.70 bits per heavy atom. The molecule has 0 aliphatic carbocycles. The van der Waals surface area contributed by atoms with E-state index in [-0.39, 0.29) is 5.91 Å². The van der Waals surface area contributed by atoms with Crippen molar-refractivity contribution in [2.75, 3.05) is 5.32 Å². The number of hydrogen-bond donors (Lipinski definition) is 1. The maximum absolute atomic E-state index is 12.0. The van der Waals surface area contributed by atoms with Crippen LogP contribution in [0.4, 0.5) is 5.69 Å². The topological polar surface area (TPSA) is 42.0 Å². The summed E-state index contributed by atoms with van der Waals surface area (Å²) in [5.41, 5.74) is 6.00. The minimum Gasteiger partial charge on any atom is -0.323 e. The van der Waals surface area contributed by atoms with Gasteiger partial charge in [-0.25, -0.2) is 0 Å². The van der Waals surface area contributed by atoms with Crippen LogP contribution in [0.5, 0.6) is 0 Å². The van der Waals surface area contributed by atoms with Crippen LogP contribution in [0.1, 0.15) is 10.4 Å². The summed E-state index contributed by atoms with van der Waals surface area (Å²) in [5, 5.41) is 2.88. The summed E-state index contributed by atoms with van der Waals surface area (Å²) < 4.78 is 0. The van der Waals surface area contributed by atoms with Gasteiger partial charge in [-0.2, -0.15) is 0 Å². The van der Waals surface area contributed by atoms with E-state index < -0.39 is 0 Å². The largest absolute Gasteiger partial charge is 0.323 e. The van der Waals surface area contributed by atoms with Gasteiger partial charge in [-0.15, -0.1) is 11.3 Å². The Kier molecular flexibility index (Phi) is 4.64. The highest BCUT2D eigenvalue weighted by atomic mass is 32.1. The quantitative estimate of drug-likeness (QED) is 0.704. The third-order valence-corrected chi connectivity index (χ3v) is 4.17. The second-order valence-electron chi connectivity index (χ2n) is 5.12. The predicted octanol–water partition coefficient (Wildman–Crippen LogP) is 4.77. The molecule has 1 aromatic heterocycles. The minimum absolute atomic E-state index is 0.148. The summed E-state index contributed by atoms with van der Waals surface area (Å²) >= 11 is 1.50. The van der Waals surface area contributed by atoms with Gasteiger partial charge in [0.1, 0.15) is 0 Å². The van der Waals surface area contributed by atoms with E-state index in [9.17, 15) is 4.79 Å². The average molecular weight is 320 g/mol. The second kappa shape index (κ2) is 7.03. The minimum atomic E-state index is -0.148. The lowest BCUT2D eigenvalue weighted by Gasteiger charge is -2.09. The number of hydrogen-bond acceptors (Lipinski definition) is 3. The van der Waals surface area contributed by atoms with Crippen LogP contribution in [0.3, 0.4) is 0 Å². The fourth-order valence-corrected chi connectivity index (χ4v) is 2.84. The number of carbonyl (C=O) groups is 1. The molecule has 1 heterocycles. The molecular weight excluding hydrogens is 304 g/mol. The average Bonchev–Trinajstić information content (AvgIpc) is 3.07. The molecular formula is C19H16N2OS. The van der Waals surface area contributed by atoms with Gasteiger partial charge >= 0.3 is 0 Å². The van der Waals surface area contributed by atoms with Crippen LogP contribution in [0.25, 0.3) is 17.2 Å². The first-order valence-corrected chi connectivity index (χ1v) is 8.14. The maximum atomic E-state index is 12.0. The lowest BCUT2D eigenvalue weighted by Crippen LogP contribution is -2.07. The van der Waals surface area contributed by atoms with Crippen molar-refractivity contribution in [1.29, 1.82) is 0 Å². The zero-order valence-electron chi connectivity index (χ0n) is 12.7. The highest BCUT2D eigenvalue weighted by Crippen LogP contribution is 2.25. The molecule has 114 valence electrons. The summed E-state index contributed by atoms with van der Waals surface area (Å²) in [4.78, 5) is 16.9. The lowest BCUT2D eigenvalue weighted by atomic mass is 10.00.